The molecule has 0 saturated heterocycles. The van der Waals surface area contributed by atoms with Crippen molar-refractivity contribution in [2.24, 2.45) is 5.73 Å². The molecule has 0 spiro atoms. The van der Waals surface area contributed by atoms with Crippen molar-refractivity contribution in [2.75, 3.05) is 0 Å². The van der Waals surface area contributed by atoms with Crippen LogP contribution in [0.3, 0.4) is 0 Å². The van der Waals surface area contributed by atoms with E-state index in [0.29, 0.717) is 0 Å². The molecule has 3 heteroatoms. The van der Waals surface area contributed by atoms with Gasteiger partial charge in [0.1, 0.15) is 0 Å². The van der Waals surface area contributed by atoms with Gasteiger partial charge in [-0.2, -0.15) is 0 Å². The van der Waals surface area contributed by atoms with Crippen molar-refractivity contribution in [3.05, 3.63) is 33.8 Å². The van der Waals surface area contributed by atoms with E-state index in [2.05, 4.69) is 6.92 Å². The number of aryl methyl sites for hydroxylation is 1. The van der Waals surface area contributed by atoms with Crippen LogP contribution in [0.2, 0.25) is 5.02 Å². The van der Waals surface area contributed by atoms with E-state index in [1.54, 1.807) is 0 Å². The van der Waals surface area contributed by atoms with Gasteiger partial charge >= 0.3 is 0 Å². The predicted octanol–water partition coefficient (Wildman–Crippen LogP) is 3.41. The first-order chi connectivity index (χ1) is 6.18. The van der Waals surface area contributed by atoms with E-state index in [-0.39, 0.29) is 18.4 Å². The molecule has 1 nitrogen and oxygen atoms in total. The lowest BCUT2D eigenvalue weighted by molar-refractivity contribution is 0.568. The molecular formula is C11H15Cl2N. The third-order valence-corrected chi connectivity index (χ3v) is 3.03. The fraction of sp³-hybridized carbons (Fsp3) is 0.455. The first kappa shape index (κ1) is 11.8. The first-order valence-electron chi connectivity index (χ1n) is 4.73. The van der Waals surface area contributed by atoms with Crippen molar-refractivity contribution in [3.63, 3.8) is 0 Å². The summed E-state index contributed by atoms with van der Waals surface area (Å²) in [6, 6.07) is 4.24. The van der Waals surface area contributed by atoms with Gasteiger partial charge in [0.2, 0.25) is 0 Å². The summed E-state index contributed by atoms with van der Waals surface area (Å²) in [6.45, 7) is 2.11. The van der Waals surface area contributed by atoms with Gasteiger partial charge < -0.3 is 5.73 Å². The van der Waals surface area contributed by atoms with Gasteiger partial charge in [0.25, 0.3) is 0 Å². The summed E-state index contributed by atoms with van der Waals surface area (Å²) in [5, 5.41) is 0.814. The van der Waals surface area contributed by atoms with Crippen LogP contribution in [0.5, 0.6) is 0 Å². The molecule has 0 heterocycles. The van der Waals surface area contributed by atoms with Crippen LogP contribution in [0.1, 0.15) is 35.6 Å². The fourth-order valence-electron chi connectivity index (χ4n) is 2.13. The molecule has 0 radical (unpaired) electrons. The molecule has 1 aliphatic carbocycles. The standard InChI is InChI=1S/C11H14ClN.ClH/c1-7-5-8(12)6-10-9(7)3-2-4-11(10)13;/h5-6,11H,2-4,13H2,1H3;1H. The van der Waals surface area contributed by atoms with Gasteiger partial charge in [-0.3, -0.25) is 0 Å². The minimum absolute atomic E-state index is 0. The van der Waals surface area contributed by atoms with Crippen molar-refractivity contribution in [1.82, 2.24) is 0 Å². The van der Waals surface area contributed by atoms with Crippen LogP contribution in [-0.2, 0) is 6.42 Å². The topological polar surface area (TPSA) is 26.0 Å². The summed E-state index contributed by atoms with van der Waals surface area (Å²) in [7, 11) is 0. The smallest absolute Gasteiger partial charge is 0.0412 e. The van der Waals surface area contributed by atoms with Crippen molar-refractivity contribution in [3.8, 4) is 0 Å². The zero-order valence-electron chi connectivity index (χ0n) is 8.22. The zero-order valence-corrected chi connectivity index (χ0v) is 9.79. The van der Waals surface area contributed by atoms with E-state index in [9.17, 15) is 0 Å². The van der Waals surface area contributed by atoms with Crippen LogP contribution < -0.4 is 5.73 Å². The molecule has 1 atom stereocenters. The van der Waals surface area contributed by atoms with Crippen molar-refractivity contribution in [1.29, 1.82) is 0 Å². The molecule has 1 aliphatic rings. The average molecular weight is 232 g/mol. The summed E-state index contributed by atoms with van der Waals surface area (Å²) in [4.78, 5) is 0. The zero-order chi connectivity index (χ0) is 9.42. The quantitative estimate of drug-likeness (QED) is 0.728. The number of hydrogen-bond donors (Lipinski definition) is 1. The van der Waals surface area contributed by atoms with E-state index in [1.807, 2.05) is 12.1 Å². The van der Waals surface area contributed by atoms with E-state index in [1.165, 1.54) is 23.1 Å². The summed E-state index contributed by atoms with van der Waals surface area (Å²) < 4.78 is 0. The Hall–Kier alpha value is -0.240. The van der Waals surface area contributed by atoms with E-state index in [0.717, 1.165) is 17.9 Å². The Labute approximate surface area is 96.0 Å². The molecule has 0 saturated carbocycles. The highest BCUT2D eigenvalue weighted by Gasteiger charge is 2.18. The Morgan fingerprint density at radius 3 is 2.86 bits per heavy atom. The molecule has 1 aromatic rings. The van der Waals surface area contributed by atoms with Gasteiger partial charge in [0.05, 0.1) is 0 Å². The molecule has 1 aromatic carbocycles. The number of nitrogens with two attached hydrogens (primary N) is 1. The molecular weight excluding hydrogens is 217 g/mol. The maximum atomic E-state index is 6.03. The second kappa shape index (κ2) is 4.52. The number of halogens is 2. The van der Waals surface area contributed by atoms with E-state index < -0.39 is 0 Å². The maximum Gasteiger partial charge on any atom is 0.0412 e. The summed E-state index contributed by atoms with van der Waals surface area (Å²) >= 11 is 5.99. The van der Waals surface area contributed by atoms with Crippen LogP contribution in [0.25, 0.3) is 0 Å². The fourth-order valence-corrected chi connectivity index (χ4v) is 2.41. The molecule has 78 valence electrons. The van der Waals surface area contributed by atoms with Crippen LogP contribution in [0, 0.1) is 6.92 Å². The van der Waals surface area contributed by atoms with Crippen molar-refractivity contribution < 1.29 is 0 Å². The summed E-state index contributed by atoms with van der Waals surface area (Å²) in [5.41, 5.74) is 9.99. The van der Waals surface area contributed by atoms with Crippen molar-refractivity contribution in [2.45, 2.75) is 32.2 Å². The van der Waals surface area contributed by atoms with Gasteiger partial charge in [0.15, 0.2) is 0 Å². The minimum Gasteiger partial charge on any atom is -0.324 e. The molecule has 0 aromatic heterocycles. The van der Waals surface area contributed by atoms with Crippen LogP contribution in [-0.4, -0.2) is 0 Å². The largest absolute Gasteiger partial charge is 0.324 e. The maximum absolute atomic E-state index is 6.03. The molecule has 2 N–H and O–H groups in total. The third-order valence-electron chi connectivity index (χ3n) is 2.81. The molecule has 0 aliphatic heterocycles. The van der Waals surface area contributed by atoms with Crippen LogP contribution >= 0.6 is 24.0 Å². The predicted molar refractivity (Wildman–Crippen MR) is 63.3 cm³/mol. The Balaban J connectivity index is 0.000000980. The highest BCUT2D eigenvalue weighted by molar-refractivity contribution is 6.30. The average Bonchev–Trinajstić information content (AvgIpc) is 2.07. The number of rotatable bonds is 0. The first-order valence-corrected chi connectivity index (χ1v) is 5.11. The second-order valence-electron chi connectivity index (χ2n) is 3.79. The van der Waals surface area contributed by atoms with Gasteiger partial charge in [-0.15, -0.1) is 12.4 Å². The van der Waals surface area contributed by atoms with E-state index in [4.69, 9.17) is 17.3 Å². The third kappa shape index (κ3) is 2.05. The van der Waals surface area contributed by atoms with Crippen LogP contribution in [0.15, 0.2) is 12.1 Å². The summed E-state index contributed by atoms with van der Waals surface area (Å²) in [6.07, 6.45) is 3.45. The van der Waals surface area contributed by atoms with E-state index >= 15 is 0 Å². The number of benzene rings is 1. The Morgan fingerprint density at radius 2 is 2.14 bits per heavy atom. The molecule has 2 rings (SSSR count). The normalized spacial score (nSPS) is 19.8. The Bertz CT molecular complexity index is 336. The number of fused-ring (bicyclic) bond motifs is 1. The lowest BCUT2D eigenvalue weighted by Gasteiger charge is -2.24. The van der Waals surface area contributed by atoms with Gasteiger partial charge in [0, 0.05) is 11.1 Å². The molecule has 0 bridgehead atoms. The highest BCUT2D eigenvalue weighted by atomic mass is 35.5. The molecule has 1 unspecified atom stereocenters. The van der Waals surface area contributed by atoms with Crippen LogP contribution in [0.4, 0.5) is 0 Å². The molecule has 0 fully saturated rings. The van der Waals surface area contributed by atoms with Gasteiger partial charge in [-0.05, 0) is 55.0 Å². The van der Waals surface area contributed by atoms with Crippen molar-refractivity contribution >= 4 is 24.0 Å². The molecule has 14 heavy (non-hydrogen) atoms. The Morgan fingerprint density at radius 1 is 1.43 bits per heavy atom. The SMILES string of the molecule is Cc1cc(Cl)cc2c1CCCC2N.Cl. The monoisotopic (exact) mass is 231 g/mol. The summed E-state index contributed by atoms with van der Waals surface area (Å²) in [5.74, 6) is 0. The lowest BCUT2D eigenvalue weighted by Crippen LogP contribution is -2.18. The van der Waals surface area contributed by atoms with Gasteiger partial charge in [-0.1, -0.05) is 11.6 Å². The lowest BCUT2D eigenvalue weighted by atomic mass is 9.86. The Kier molecular flexibility index (Phi) is 3.82. The minimum atomic E-state index is 0. The molecule has 0 amide bonds. The van der Waals surface area contributed by atoms with Gasteiger partial charge in [-0.25, -0.2) is 0 Å². The number of hydrogen-bond acceptors (Lipinski definition) is 1. The highest BCUT2D eigenvalue weighted by Crippen LogP contribution is 2.32. The second-order valence-corrected chi connectivity index (χ2v) is 4.23.